The first-order valence-corrected chi connectivity index (χ1v) is 12.5. The standard InChI is InChI=1S/C22H16OS.H2O.O.Sb/c23-22-20(17-12-6-2-7-13-17)19(16-10-4-1-5-11-16)21(24-22)18-14-8-3-9-15-18;;;/h1-15,23H;1H2;;/q;;;+2/p-2. The second-order valence-corrected chi connectivity index (χ2v) is 8.76. The van der Waals surface area contributed by atoms with Crippen molar-refractivity contribution in [3.8, 4) is 37.8 Å². The predicted octanol–water partition coefficient (Wildman–Crippen LogP) is 5.54. The number of benzene rings is 3. The normalized spacial score (nSPS) is 10.6. The summed E-state index contributed by atoms with van der Waals surface area (Å²) in [6.07, 6.45) is 0. The van der Waals surface area contributed by atoms with Gasteiger partial charge in [0.1, 0.15) is 0 Å². The first kappa shape index (κ1) is 18.1. The molecule has 27 heavy (non-hydrogen) atoms. The summed E-state index contributed by atoms with van der Waals surface area (Å²) in [5.74, 6) is 0. The Labute approximate surface area is 170 Å². The molecular formula is C22H16O3SSb. The average Bonchev–Trinajstić information content (AvgIpc) is 3.08. The monoisotopic (exact) mass is 481 g/mol. The van der Waals surface area contributed by atoms with E-state index < -0.39 is 21.0 Å². The molecule has 0 aliphatic carbocycles. The molecule has 1 radical (unpaired) electrons. The zero-order chi connectivity index (χ0) is 18.6. The van der Waals surface area contributed by atoms with Crippen molar-refractivity contribution in [2.45, 2.75) is 0 Å². The van der Waals surface area contributed by atoms with E-state index in [0.29, 0.717) is 5.06 Å². The van der Waals surface area contributed by atoms with Crippen molar-refractivity contribution >= 4 is 32.4 Å². The van der Waals surface area contributed by atoms with Gasteiger partial charge in [-0.25, -0.2) is 0 Å². The Kier molecular flexibility index (Phi) is 5.49. The molecule has 0 aliphatic rings. The molecule has 3 nitrogen and oxygen atoms in total. The second-order valence-electron chi connectivity index (χ2n) is 5.90. The van der Waals surface area contributed by atoms with E-state index in [0.717, 1.165) is 32.7 Å². The molecule has 133 valence electrons. The molecule has 5 heteroatoms. The van der Waals surface area contributed by atoms with Crippen molar-refractivity contribution in [2.75, 3.05) is 0 Å². The van der Waals surface area contributed by atoms with E-state index in [1.165, 1.54) is 11.3 Å². The maximum absolute atomic E-state index is 11.6. The number of hydrogen-bond acceptors (Lipinski definition) is 3. The van der Waals surface area contributed by atoms with Gasteiger partial charge >= 0.3 is 171 Å². The summed E-state index contributed by atoms with van der Waals surface area (Å²) < 4.78 is 26.6. The van der Waals surface area contributed by atoms with Crippen LogP contribution in [-0.4, -0.2) is 24.4 Å². The fraction of sp³-hybridized carbons (Fsp3) is 0. The number of thiophene rings is 1. The van der Waals surface area contributed by atoms with Crippen LogP contribution in [0, 0.1) is 0 Å². The van der Waals surface area contributed by atoms with Gasteiger partial charge in [0, 0.05) is 0 Å². The van der Waals surface area contributed by atoms with Crippen LogP contribution >= 0.6 is 11.3 Å². The molecule has 0 saturated heterocycles. The minimum absolute atomic E-state index is 0.499. The van der Waals surface area contributed by atoms with Crippen molar-refractivity contribution in [3.05, 3.63) is 91.0 Å². The molecule has 0 unspecified atom stereocenters. The molecule has 0 saturated carbocycles. The molecule has 4 rings (SSSR count). The topological polar surface area (TPSA) is 46.5 Å². The van der Waals surface area contributed by atoms with Gasteiger partial charge in [-0.3, -0.25) is 0 Å². The van der Waals surface area contributed by atoms with Crippen molar-refractivity contribution in [1.82, 2.24) is 0 Å². The van der Waals surface area contributed by atoms with Crippen molar-refractivity contribution in [1.29, 1.82) is 0 Å². The van der Waals surface area contributed by atoms with Gasteiger partial charge < -0.3 is 0 Å². The molecule has 0 aliphatic heterocycles. The fourth-order valence-corrected chi connectivity index (χ4v) is 5.62. The first-order chi connectivity index (χ1) is 13.2. The molecule has 1 heterocycles. The van der Waals surface area contributed by atoms with Crippen LogP contribution in [0.4, 0.5) is 0 Å². The van der Waals surface area contributed by atoms with Crippen LogP contribution in [0.3, 0.4) is 0 Å². The third kappa shape index (κ3) is 3.88. The van der Waals surface area contributed by atoms with E-state index in [9.17, 15) is 6.40 Å². The van der Waals surface area contributed by atoms with Crippen LogP contribution in [0.25, 0.3) is 32.7 Å². The zero-order valence-electron chi connectivity index (χ0n) is 14.3. The van der Waals surface area contributed by atoms with E-state index in [2.05, 4.69) is 12.1 Å². The van der Waals surface area contributed by atoms with Crippen molar-refractivity contribution in [2.24, 2.45) is 0 Å². The fourth-order valence-electron chi connectivity index (χ4n) is 3.09. The van der Waals surface area contributed by atoms with Gasteiger partial charge in [0.2, 0.25) is 0 Å². The summed E-state index contributed by atoms with van der Waals surface area (Å²) in [7, 11) is 0. The molecule has 1 N–H and O–H groups in total. The molecule has 4 aromatic rings. The Bertz CT molecular complexity index is 1060. The van der Waals surface area contributed by atoms with Crippen LogP contribution < -0.4 is 3.02 Å². The molecule has 0 fully saturated rings. The third-order valence-corrected chi connectivity index (χ3v) is 6.65. The van der Waals surface area contributed by atoms with Crippen LogP contribution in [0.2, 0.25) is 0 Å². The van der Waals surface area contributed by atoms with E-state index >= 15 is 0 Å². The van der Waals surface area contributed by atoms with Crippen LogP contribution in [0.1, 0.15) is 0 Å². The summed E-state index contributed by atoms with van der Waals surface area (Å²) >= 11 is -2.50. The van der Waals surface area contributed by atoms with Gasteiger partial charge in [-0.15, -0.1) is 0 Å². The Balaban J connectivity index is 2.05. The second kappa shape index (κ2) is 8.18. The first-order valence-electron chi connectivity index (χ1n) is 8.41. The van der Waals surface area contributed by atoms with Gasteiger partial charge in [-0.1, -0.05) is 0 Å². The Hall–Kier alpha value is -2.26. The van der Waals surface area contributed by atoms with E-state index in [4.69, 9.17) is 3.02 Å². The molecule has 0 atom stereocenters. The van der Waals surface area contributed by atoms with E-state index in [1.807, 2.05) is 78.9 Å². The van der Waals surface area contributed by atoms with Gasteiger partial charge in [0.25, 0.3) is 0 Å². The van der Waals surface area contributed by atoms with E-state index in [-0.39, 0.29) is 0 Å². The molecule has 0 bridgehead atoms. The summed E-state index contributed by atoms with van der Waals surface area (Å²) in [4.78, 5) is 1.03. The SMILES string of the molecule is [O]=[Sb]([OH])[O]c1sc(-c2ccccc2)c(-c2ccccc2)c1-c1ccccc1. The average molecular weight is 482 g/mol. The third-order valence-electron chi connectivity index (χ3n) is 4.20. The van der Waals surface area contributed by atoms with Gasteiger partial charge in [0.05, 0.1) is 0 Å². The quantitative estimate of drug-likeness (QED) is 0.381. The molecule has 0 amide bonds. The maximum atomic E-state index is 11.6. The van der Waals surface area contributed by atoms with Crippen LogP contribution in [0.5, 0.6) is 5.06 Å². The summed E-state index contributed by atoms with van der Waals surface area (Å²) in [5.41, 5.74) is 4.96. The van der Waals surface area contributed by atoms with Crippen molar-refractivity contribution in [3.63, 3.8) is 0 Å². The minimum atomic E-state index is -3.92. The van der Waals surface area contributed by atoms with Gasteiger partial charge in [-0.05, 0) is 0 Å². The number of rotatable bonds is 5. The Morgan fingerprint density at radius 2 is 1.11 bits per heavy atom. The van der Waals surface area contributed by atoms with Crippen molar-refractivity contribution < 1.29 is 9.42 Å². The summed E-state index contributed by atoms with van der Waals surface area (Å²) in [6.45, 7) is 0. The van der Waals surface area contributed by atoms with E-state index in [1.54, 1.807) is 0 Å². The van der Waals surface area contributed by atoms with Crippen LogP contribution in [0.15, 0.2) is 91.0 Å². The number of hydrogen-bond donors (Lipinski definition) is 1. The predicted molar refractivity (Wildman–Crippen MR) is 110 cm³/mol. The molecule has 3 aromatic carbocycles. The summed E-state index contributed by atoms with van der Waals surface area (Å²) in [6, 6.07) is 30.0. The molecule has 0 spiro atoms. The zero-order valence-corrected chi connectivity index (χ0v) is 17.6. The van der Waals surface area contributed by atoms with Gasteiger partial charge in [-0.2, -0.15) is 0 Å². The molecule has 1 aromatic heterocycles. The molecular weight excluding hydrogens is 466 g/mol. The van der Waals surface area contributed by atoms with Gasteiger partial charge in [0.15, 0.2) is 0 Å². The van der Waals surface area contributed by atoms with Crippen LogP contribution in [-0.2, 0) is 3.02 Å². The Morgan fingerprint density at radius 3 is 1.59 bits per heavy atom. The summed E-state index contributed by atoms with van der Waals surface area (Å²) in [5, 5.41) is 0.499. The Morgan fingerprint density at radius 1 is 0.667 bits per heavy atom.